The summed E-state index contributed by atoms with van der Waals surface area (Å²) in [7, 11) is 4.12. The SMILES string of the molecule is C[C@H]1[C@@H]2CCc3c(nn(C)c3-c3ccccc3)[C@@]2(C)CCC12OCCO2.C[C@H]1[C@@H]2CCc3c(nn(C)c3Br)[C@@]2(C)CCC12OCCO2. The molecule has 0 radical (unpaired) electrons. The highest BCUT2D eigenvalue weighted by Gasteiger charge is 2.59. The lowest BCUT2D eigenvalue weighted by molar-refractivity contribution is -0.234. The normalized spacial score (nSPS) is 34.7. The van der Waals surface area contributed by atoms with Gasteiger partial charge in [0.05, 0.1) is 43.5 Å². The van der Waals surface area contributed by atoms with Gasteiger partial charge in [0.2, 0.25) is 0 Å². The number of aromatic nitrogens is 4. The summed E-state index contributed by atoms with van der Waals surface area (Å²) >= 11 is 3.70. The van der Waals surface area contributed by atoms with Gasteiger partial charge in [-0.15, -0.1) is 0 Å². The molecule has 0 N–H and O–H groups in total. The maximum absolute atomic E-state index is 6.13. The Hall–Kier alpha value is -2.04. The summed E-state index contributed by atoms with van der Waals surface area (Å²) in [5.74, 6) is 1.29. The van der Waals surface area contributed by atoms with Crippen LogP contribution in [0, 0.1) is 23.7 Å². The van der Waals surface area contributed by atoms with E-state index in [4.69, 9.17) is 29.1 Å². The van der Waals surface area contributed by atoms with Crippen molar-refractivity contribution >= 4 is 15.9 Å². The minimum Gasteiger partial charge on any atom is -0.347 e. The van der Waals surface area contributed by atoms with E-state index >= 15 is 0 Å². The third-order valence-corrected chi connectivity index (χ3v) is 14.5. The number of rotatable bonds is 1. The van der Waals surface area contributed by atoms with Crippen LogP contribution in [0.3, 0.4) is 0 Å². The van der Waals surface area contributed by atoms with Gasteiger partial charge in [-0.25, -0.2) is 0 Å². The molecule has 2 spiro atoms. The molecule has 2 aliphatic heterocycles. The second-order valence-electron chi connectivity index (χ2n) is 15.6. The Bertz CT molecular complexity index is 1640. The van der Waals surface area contributed by atoms with E-state index in [0.717, 1.165) is 69.6 Å². The lowest BCUT2D eigenvalue weighted by Gasteiger charge is -2.53. The van der Waals surface area contributed by atoms with Crippen molar-refractivity contribution in [2.75, 3.05) is 26.4 Å². The highest BCUT2D eigenvalue weighted by Crippen LogP contribution is 2.59. The predicted octanol–water partition coefficient (Wildman–Crippen LogP) is 7.26. The fraction of sp³-hybridized carbons (Fsp3) is 0.684. The third kappa shape index (κ3) is 4.73. The minimum atomic E-state index is -0.348. The molecule has 0 amide bonds. The first kappa shape index (κ1) is 32.2. The standard InChI is InChI=1S/C22H28N2O2.C16H23BrN2O2/c1-15-18-10-9-17-19(16-7-5-4-6-8-16)24(3)23-20(17)21(18,2)11-12-22(15)25-13-14-26-22;1-10-12-5-4-11-13(18-19(3)14(11)17)15(12,2)6-7-16(10)20-8-9-21-16/h4-8,15,18H,9-14H2,1-3H3;10,12H,4-9H2,1-3H3/t15-,18-,21-;10-,12-,15-/m00/s1. The van der Waals surface area contributed by atoms with Crippen molar-refractivity contribution in [2.24, 2.45) is 37.8 Å². The van der Waals surface area contributed by atoms with Crippen LogP contribution in [0.15, 0.2) is 34.9 Å². The summed E-state index contributed by atoms with van der Waals surface area (Å²) in [6.07, 6.45) is 8.71. The monoisotopic (exact) mass is 706 g/mol. The number of hydrogen-bond acceptors (Lipinski definition) is 6. The quantitative estimate of drug-likeness (QED) is 0.265. The molecule has 1 aromatic carbocycles. The fourth-order valence-corrected chi connectivity index (χ4v) is 11.4. The topological polar surface area (TPSA) is 72.6 Å². The largest absolute Gasteiger partial charge is 0.347 e. The molecule has 4 fully saturated rings. The van der Waals surface area contributed by atoms with Gasteiger partial charge in [0, 0.05) is 66.3 Å². The number of benzene rings is 1. The van der Waals surface area contributed by atoms with E-state index in [0.29, 0.717) is 23.7 Å². The third-order valence-electron chi connectivity index (χ3n) is 13.5. The van der Waals surface area contributed by atoms with Crippen LogP contribution < -0.4 is 0 Å². The van der Waals surface area contributed by atoms with E-state index < -0.39 is 0 Å². The highest BCUT2D eigenvalue weighted by molar-refractivity contribution is 9.10. The molecule has 4 heterocycles. The number of ether oxygens (including phenoxy) is 4. The number of aryl methyl sites for hydroxylation is 2. The van der Waals surface area contributed by atoms with Crippen molar-refractivity contribution in [3.8, 4) is 11.3 Å². The second-order valence-corrected chi connectivity index (χ2v) is 16.4. The van der Waals surface area contributed by atoms with Gasteiger partial charge in [0.25, 0.3) is 0 Å². The molecule has 6 aliphatic rings. The first-order chi connectivity index (χ1) is 22.5. The molecule has 9 rings (SSSR count). The molecule has 0 unspecified atom stereocenters. The van der Waals surface area contributed by atoms with Crippen LogP contribution in [0.1, 0.15) is 88.7 Å². The van der Waals surface area contributed by atoms with Crippen molar-refractivity contribution in [3.63, 3.8) is 0 Å². The van der Waals surface area contributed by atoms with Crippen molar-refractivity contribution in [3.05, 3.63) is 57.4 Å². The Balaban J connectivity index is 0.000000141. The van der Waals surface area contributed by atoms with Crippen LogP contribution in [-0.2, 0) is 56.7 Å². The Morgan fingerprint density at radius 3 is 1.68 bits per heavy atom. The summed E-state index contributed by atoms with van der Waals surface area (Å²) in [6.45, 7) is 12.4. The van der Waals surface area contributed by atoms with Crippen molar-refractivity contribution in [2.45, 2.75) is 101 Å². The highest BCUT2D eigenvalue weighted by atomic mass is 79.9. The smallest absolute Gasteiger partial charge is 0.171 e. The molecule has 2 saturated heterocycles. The van der Waals surface area contributed by atoms with E-state index in [9.17, 15) is 0 Å². The summed E-state index contributed by atoms with van der Waals surface area (Å²) in [5.41, 5.74) is 8.30. The first-order valence-corrected chi connectivity index (χ1v) is 18.7. The first-order valence-electron chi connectivity index (χ1n) is 17.9. The summed E-state index contributed by atoms with van der Waals surface area (Å²) in [4.78, 5) is 0. The van der Waals surface area contributed by atoms with E-state index in [2.05, 4.69) is 85.7 Å². The Morgan fingerprint density at radius 2 is 1.15 bits per heavy atom. The molecule has 6 atom stereocenters. The average molecular weight is 708 g/mol. The van der Waals surface area contributed by atoms with Crippen LogP contribution in [0.4, 0.5) is 0 Å². The van der Waals surface area contributed by atoms with Crippen molar-refractivity contribution in [1.82, 2.24) is 19.6 Å². The van der Waals surface area contributed by atoms with E-state index in [1.54, 1.807) is 0 Å². The lowest BCUT2D eigenvalue weighted by atomic mass is 9.55. The molecular formula is C38H51BrN4O4. The predicted molar refractivity (Wildman–Crippen MR) is 184 cm³/mol. The molecule has 0 bridgehead atoms. The van der Waals surface area contributed by atoms with Crippen molar-refractivity contribution < 1.29 is 18.9 Å². The molecular weight excluding hydrogens is 656 g/mol. The van der Waals surface area contributed by atoms with E-state index in [1.807, 2.05) is 11.7 Å². The average Bonchev–Trinajstić information content (AvgIpc) is 3.87. The molecule has 3 aromatic rings. The Kier molecular flexibility index (Phi) is 7.88. The summed E-state index contributed by atoms with van der Waals surface area (Å²) < 4.78 is 29.6. The van der Waals surface area contributed by atoms with Gasteiger partial charge in [-0.3, -0.25) is 9.36 Å². The summed E-state index contributed by atoms with van der Waals surface area (Å²) in [6, 6.07) is 10.7. The minimum absolute atomic E-state index is 0.109. The van der Waals surface area contributed by atoms with Gasteiger partial charge in [-0.05, 0) is 66.3 Å². The maximum Gasteiger partial charge on any atom is 0.171 e. The van der Waals surface area contributed by atoms with Gasteiger partial charge in [-0.2, -0.15) is 10.2 Å². The second kappa shape index (κ2) is 11.5. The Labute approximate surface area is 288 Å². The van der Waals surface area contributed by atoms with Crippen LogP contribution >= 0.6 is 15.9 Å². The van der Waals surface area contributed by atoms with Gasteiger partial charge in [0.15, 0.2) is 11.6 Å². The van der Waals surface area contributed by atoms with Crippen molar-refractivity contribution in [1.29, 1.82) is 0 Å². The number of nitrogens with zero attached hydrogens (tertiary/aromatic N) is 4. The molecule has 2 aromatic heterocycles. The summed E-state index contributed by atoms with van der Waals surface area (Å²) in [5, 5.41) is 9.91. The zero-order valence-corrected chi connectivity index (χ0v) is 30.6. The van der Waals surface area contributed by atoms with E-state index in [1.165, 1.54) is 46.6 Å². The number of hydrogen-bond donors (Lipinski definition) is 0. The zero-order valence-electron chi connectivity index (χ0n) is 29.0. The molecule has 8 nitrogen and oxygen atoms in total. The molecule has 254 valence electrons. The molecule has 9 heteroatoms. The van der Waals surface area contributed by atoms with Gasteiger partial charge in [-0.1, -0.05) is 58.0 Å². The van der Waals surface area contributed by atoms with Crippen LogP contribution in [-0.4, -0.2) is 57.6 Å². The molecule has 47 heavy (non-hydrogen) atoms. The number of fused-ring (bicyclic) bond motifs is 6. The van der Waals surface area contributed by atoms with Gasteiger partial charge >= 0.3 is 0 Å². The lowest BCUT2D eigenvalue weighted by Crippen LogP contribution is -2.55. The Morgan fingerprint density at radius 1 is 0.681 bits per heavy atom. The fourth-order valence-electron chi connectivity index (χ4n) is 10.9. The van der Waals surface area contributed by atoms with Crippen LogP contribution in [0.2, 0.25) is 0 Å². The van der Waals surface area contributed by atoms with Gasteiger partial charge in [0.1, 0.15) is 4.60 Å². The van der Waals surface area contributed by atoms with E-state index in [-0.39, 0.29) is 22.4 Å². The number of halogens is 1. The molecule has 2 saturated carbocycles. The maximum atomic E-state index is 6.13. The molecule has 4 aliphatic carbocycles. The van der Waals surface area contributed by atoms with Crippen LogP contribution in [0.25, 0.3) is 11.3 Å². The van der Waals surface area contributed by atoms with Crippen LogP contribution in [0.5, 0.6) is 0 Å². The van der Waals surface area contributed by atoms with Gasteiger partial charge < -0.3 is 18.9 Å². The zero-order chi connectivity index (χ0) is 32.8.